The number of nitrogens with one attached hydrogen (secondary N) is 1. The van der Waals surface area contributed by atoms with Gasteiger partial charge < -0.3 is 24.4 Å². The van der Waals surface area contributed by atoms with E-state index in [9.17, 15) is 14.4 Å². The molecule has 0 radical (unpaired) electrons. The van der Waals surface area contributed by atoms with E-state index in [0.717, 1.165) is 22.1 Å². The minimum absolute atomic E-state index is 0.143. The fraction of sp³-hybridized carbons (Fsp3) is 0.312. The van der Waals surface area contributed by atoms with Crippen LogP contribution < -0.4 is 25.1 Å². The van der Waals surface area contributed by atoms with Crippen molar-refractivity contribution in [3.05, 3.63) is 93.4 Å². The molecule has 216 valence electrons. The van der Waals surface area contributed by atoms with Gasteiger partial charge in [0.15, 0.2) is 18.1 Å². The minimum Gasteiger partial charge on any atom is -0.494 e. The molecule has 10 heteroatoms. The molecule has 42 heavy (non-hydrogen) atoms. The largest absolute Gasteiger partial charge is 0.494 e. The molecule has 7 rings (SSSR count). The number of aryl methyl sites for hydroxylation is 1. The van der Waals surface area contributed by atoms with Crippen molar-refractivity contribution in [2.75, 3.05) is 33.4 Å². The number of carbonyl (C=O) groups is 2. The Labute approximate surface area is 242 Å². The van der Waals surface area contributed by atoms with Gasteiger partial charge in [0, 0.05) is 18.5 Å². The maximum atomic E-state index is 14.0. The van der Waals surface area contributed by atoms with Crippen molar-refractivity contribution < 1.29 is 23.8 Å². The molecule has 1 atom stereocenters. The van der Waals surface area contributed by atoms with Gasteiger partial charge in [-0.1, -0.05) is 30.3 Å². The molecule has 3 aliphatic heterocycles. The highest BCUT2D eigenvalue weighted by Gasteiger charge is 2.34. The van der Waals surface area contributed by atoms with Gasteiger partial charge in [-0.25, -0.2) is 4.68 Å². The molecule has 4 aromatic rings. The van der Waals surface area contributed by atoms with E-state index in [1.807, 2.05) is 61.5 Å². The van der Waals surface area contributed by atoms with Crippen LogP contribution in [0, 0.1) is 6.92 Å². The Morgan fingerprint density at radius 3 is 2.74 bits per heavy atom. The second-order valence-corrected chi connectivity index (χ2v) is 10.4. The summed E-state index contributed by atoms with van der Waals surface area (Å²) < 4.78 is 18.8. The van der Waals surface area contributed by atoms with Crippen LogP contribution in [0.5, 0.6) is 17.2 Å². The molecule has 2 amide bonds. The molecular weight excluding hydrogens is 536 g/mol. The summed E-state index contributed by atoms with van der Waals surface area (Å²) in [5.41, 5.74) is 3.11. The third kappa shape index (κ3) is 5.27. The molecule has 0 saturated carbocycles. The predicted molar refractivity (Wildman–Crippen MR) is 156 cm³/mol. The highest BCUT2D eigenvalue weighted by molar-refractivity contribution is 5.84. The Balaban J connectivity index is 1.42. The van der Waals surface area contributed by atoms with Crippen molar-refractivity contribution in [2.24, 2.45) is 0 Å². The average Bonchev–Trinajstić information content (AvgIpc) is 3.01. The van der Waals surface area contributed by atoms with Gasteiger partial charge >= 0.3 is 0 Å². The number of methoxy groups -OCH3 is 1. The van der Waals surface area contributed by atoms with Crippen molar-refractivity contribution in [1.29, 1.82) is 0 Å². The topological polar surface area (TPSA) is 112 Å². The van der Waals surface area contributed by atoms with Gasteiger partial charge in [0.2, 0.25) is 5.91 Å². The number of carbonyl (C=O) groups excluding carboxylic acids is 2. The van der Waals surface area contributed by atoms with Crippen molar-refractivity contribution in [3.8, 4) is 17.2 Å². The summed E-state index contributed by atoms with van der Waals surface area (Å²) in [5.74, 6) is 1.14. The number of hydrogen-bond donors (Lipinski definition) is 1. The molecular formula is C32H32N4O6. The lowest BCUT2D eigenvalue weighted by Crippen LogP contribution is -2.44. The van der Waals surface area contributed by atoms with Crippen LogP contribution in [0.1, 0.15) is 34.8 Å². The van der Waals surface area contributed by atoms with Crippen molar-refractivity contribution in [2.45, 2.75) is 32.4 Å². The van der Waals surface area contributed by atoms with Crippen LogP contribution in [0.2, 0.25) is 0 Å². The lowest BCUT2D eigenvalue weighted by molar-refractivity contribution is -0.134. The normalized spacial score (nSPS) is 16.9. The summed E-state index contributed by atoms with van der Waals surface area (Å²) in [6.07, 6.45) is 1.18. The molecule has 0 saturated heterocycles. The molecule has 0 aliphatic carbocycles. The molecule has 4 heterocycles. The smallest absolute Gasteiger partial charge is 0.275 e. The number of benzene rings is 3. The first-order valence-electron chi connectivity index (χ1n) is 14.0. The number of rotatable bonds is 3. The van der Waals surface area contributed by atoms with Gasteiger partial charge in [0.25, 0.3) is 11.5 Å². The van der Waals surface area contributed by atoms with E-state index >= 15 is 0 Å². The van der Waals surface area contributed by atoms with Crippen LogP contribution in [0.3, 0.4) is 0 Å². The van der Waals surface area contributed by atoms with Crippen molar-refractivity contribution in [1.82, 2.24) is 20.0 Å². The zero-order valence-corrected chi connectivity index (χ0v) is 23.6. The Bertz CT molecular complexity index is 1730. The van der Waals surface area contributed by atoms with Crippen LogP contribution in [0.25, 0.3) is 10.8 Å². The standard InChI is InChI=1S/C32H32N4O6/c1-20-24-9-3-4-10-25(24)32(39)36(34-20)18-30(38)35-13-11-21-16-28-27(40-2)17-26(21)31(35)22-7-5-8-23(15-22)41-14-6-12-33-29(37)19-42-28/h3-5,7-10,15-17,31H,6,11-14,18-19H2,1-2H3,(H,33,37). The zero-order chi connectivity index (χ0) is 29.2. The SMILES string of the molecule is COc1cc2c3cc1OCC(=O)NCCCOc1cccc(c1)C2N(C(=O)Cn1nc(C)c2ccccc2c1=O)CC3. The first-order valence-corrected chi connectivity index (χ1v) is 14.0. The summed E-state index contributed by atoms with van der Waals surface area (Å²) in [6.45, 7) is 2.78. The summed E-state index contributed by atoms with van der Waals surface area (Å²) >= 11 is 0. The van der Waals surface area contributed by atoms with E-state index < -0.39 is 6.04 Å². The molecule has 1 N–H and O–H groups in total. The second kappa shape index (κ2) is 11.6. The third-order valence-electron chi connectivity index (χ3n) is 7.76. The Morgan fingerprint density at radius 2 is 1.90 bits per heavy atom. The van der Waals surface area contributed by atoms with E-state index in [4.69, 9.17) is 14.2 Å². The van der Waals surface area contributed by atoms with Crippen LogP contribution in [0.4, 0.5) is 0 Å². The van der Waals surface area contributed by atoms with Gasteiger partial charge in [-0.2, -0.15) is 5.10 Å². The molecule has 10 nitrogen and oxygen atoms in total. The van der Waals surface area contributed by atoms with Gasteiger partial charge in [-0.05, 0) is 66.8 Å². The minimum atomic E-state index is -0.471. The van der Waals surface area contributed by atoms with Gasteiger partial charge in [-0.3, -0.25) is 14.4 Å². The van der Waals surface area contributed by atoms with E-state index in [1.54, 1.807) is 18.1 Å². The van der Waals surface area contributed by atoms with Crippen molar-refractivity contribution >= 4 is 22.6 Å². The highest BCUT2D eigenvalue weighted by Crippen LogP contribution is 2.42. The number of aromatic nitrogens is 2. The second-order valence-electron chi connectivity index (χ2n) is 10.4. The van der Waals surface area contributed by atoms with Crippen LogP contribution in [-0.2, 0) is 22.6 Å². The molecule has 3 aliphatic rings. The number of ether oxygens (including phenoxy) is 3. The third-order valence-corrected chi connectivity index (χ3v) is 7.76. The quantitative estimate of drug-likeness (QED) is 0.404. The number of amides is 2. The maximum Gasteiger partial charge on any atom is 0.275 e. The molecule has 6 bridgehead atoms. The molecule has 3 aromatic carbocycles. The van der Waals surface area contributed by atoms with Crippen LogP contribution in [-0.4, -0.2) is 59.9 Å². The summed E-state index contributed by atoms with van der Waals surface area (Å²) in [5, 5.41) is 8.62. The van der Waals surface area contributed by atoms with Crippen LogP contribution >= 0.6 is 0 Å². The maximum absolute atomic E-state index is 14.0. The Morgan fingerprint density at radius 1 is 1.07 bits per heavy atom. The first kappa shape index (κ1) is 27.3. The lowest BCUT2D eigenvalue weighted by Gasteiger charge is -2.38. The van der Waals surface area contributed by atoms with Crippen molar-refractivity contribution in [3.63, 3.8) is 0 Å². The summed E-state index contributed by atoms with van der Waals surface area (Å²) in [4.78, 5) is 41.4. The summed E-state index contributed by atoms with van der Waals surface area (Å²) in [6, 6.07) is 18.3. The van der Waals surface area contributed by atoms with E-state index in [2.05, 4.69) is 10.4 Å². The van der Waals surface area contributed by atoms with Crippen LogP contribution in [0.15, 0.2) is 65.5 Å². The van der Waals surface area contributed by atoms with E-state index in [1.165, 1.54) is 4.68 Å². The van der Waals surface area contributed by atoms with Gasteiger partial charge in [-0.15, -0.1) is 0 Å². The number of fused-ring (bicyclic) bond motifs is 9. The summed E-state index contributed by atoms with van der Waals surface area (Å²) in [7, 11) is 1.54. The fourth-order valence-corrected chi connectivity index (χ4v) is 5.72. The molecule has 1 aromatic heterocycles. The zero-order valence-electron chi connectivity index (χ0n) is 23.6. The molecule has 0 fully saturated rings. The molecule has 0 spiro atoms. The predicted octanol–water partition coefficient (Wildman–Crippen LogP) is 3.17. The number of hydrogen-bond acceptors (Lipinski definition) is 7. The van der Waals surface area contributed by atoms with E-state index in [-0.39, 0.29) is 30.5 Å². The van der Waals surface area contributed by atoms with E-state index in [0.29, 0.717) is 60.9 Å². The Hall–Kier alpha value is -4.86. The fourth-order valence-electron chi connectivity index (χ4n) is 5.72. The monoisotopic (exact) mass is 568 g/mol. The number of nitrogens with zero attached hydrogens (tertiary/aromatic N) is 3. The lowest BCUT2D eigenvalue weighted by atomic mass is 9.87. The van der Waals surface area contributed by atoms with Gasteiger partial charge in [0.1, 0.15) is 12.3 Å². The highest BCUT2D eigenvalue weighted by atomic mass is 16.5. The average molecular weight is 569 g/mol. The van der Waals surface area contributed by atoms with Gasteiger partial charge in [0.05, 0.1) is 30.8 Å². The Kier molecular flexibility index (Phi) is 7.52. The first-order chi connectivity index (χ1) is 20.4. The molecule has 1 unspecified atom stereocenters.